The standard InChI is InChI=1S/C17H33N3O2/c1-14-5-4-10-20(12-14)15(2)11-19-16(21)17(13-22-3)6-8-18-9-7-17/h14-15,18H,4-13H2,1-3H3,(H,19,21). The highest BCUT2D eigenvalue weighted by atomic mass is 16.5. The van der Waals surface area contributed by atoms with Crippen molar-refractivity contribution in [3.05, 3.63) is 0 Å². The van der Waals surface area contributed by atoms with Crippen molar-refractivity contribution < 1.29 is 9.53 Å². The van der Waals surface area contributed by atoms with Crippen molar-refractivity contribution in [3.63, 3.8) is 0 Å². The lowest BCUT2D eigenvalue weighted by molar-refractivity contribution is -0.136. The van der Waals surface area contributed by atoms with Crippen LogP contribution >= 0.6 is 0 Å². The van der Waals surface area contributed by atoms with Gasteiger partial charge in [-0.1, -0.05) is 6.92 Å². The van der Waals surface area contributed by atoms with Crippen LogP contribution in [-0.4, -0.2) is 63.3 Å². The Morgan fingerprint density at radius 2 is 2.18 bits per heavy atom. The number of methoxy groups -OCH3 is 1. The summed E-state index contributed by atoms with van der Waals surface area (Å²) in [5.41, 5.74) is -0.338. The number of carbonyl (C=O) groups is 1. The molecule has 22 heavy (non-hydrogen) atoms. The van der Waals surface area contributed by atoms with Crippen molar-refractivity contribution in [2.24, 2.45) is 11.3 Å². The van der Waals surface area contributed by atoms with E-state index >= 15 is 0 Å². The van der Waals surface area contributed by atoms with Gasteiger partial charge in [0.1, 0.15) is 0 Å². The van der Waals surface area contributed by atoms with Gasteiger partial charge in [-0.15, -0.1) is 0 Å². The molecule has 2 aliphatic rings. The molecule has 0 radical (unpaired) electrons. The van der Waals surface area contributed by atoms with Crippen LogP contribution in [0.25, 0.3) is 0 Å². The van der Waals surface area contributed by atoms with Crippen molar-refractivity contribution in [2.45, 2.75) is 45.6 Å². The van der Waals surface area contributed by atoms with E-state index in [-0.39, 0.29) is 11.3 Å². The summed E-state index contributed by atoms with van der Waals surface area (Å²) >= 11 is 0. The predicted octanol–water partition coefficient (Wildman–Crippen LogP) is 1.24. The van der Waals surface area contributed by atoms with Crippen molar-refractivity contribution in [1.82, 2.24) is 15.5 Å². The second-order valence-electron chi connectivity index (χ2n) is 7.26. The van der Waals surface area contributed by atoms with Crippen LogP contribution in [0, 0.1) is 11.3 Å². The Hall–Kier alpha value is -0.650. The van der Waals surface area contributed by atoms with E-state index in [9.17, 15) is 4.79 Å². The van der Waals surface area contributed by atoms with E-state index in [0.717, 1.165) is 51.5 Å². The molecule has 0 aromatic rings. The van der Waals surface area contributed by atoms with Crippen molar-refractivity contribution in [1.29, 1.82) is 0 Å². The number of piperidine rings is 2. The number of carbonyl (C=O) groups excluding carboxylic acids is 1. The van der Waals surface area contributed by atoms with Crippen LogP contribution < -0.4 is 10.6 Å². The Bertz CT molecular complexity index is 350. The molecule has 0 bridgehead atoms. The van der Waals surface area contributed by atoms with E-state index in [0.29, 0.717) is 12.6 Å². The van der Waals surface area contributed by atoms with Crippen LogP contribution in [0.2, 0.25) is 0 Å². The van der Waals surface area contributed by atoms with E-state index in [1.807, 2.05) is 0 Å². The van der Waals surface area contributed by atoms with Gasteiger partial charge in [-0.25, -0.2) is 0 Å². The number of hydrogen-bond donors (Lipinski definition) is 2. The van der Waals surface area contributed by atoms with Gasteiger partial charge in [0.05, 0.1) is 12.0 Å². The maximum Gasteiger partial charge on any atom is 0.228 e. The highest BCUT2D eigenvalue weighted by Crippen LogP contribution is 2.29. The zero-order chi connectivity index (χ0) is 16.0. The zero-order valence-corrected chi connectivity index (χ0v) is 14.5. The highest BCUT2D eigenvalue weighted by Gasteiger charge is 2.39. The largest absolute Gasteiger partial charge is 0.384 e. The molecule has 2 fully saturated rings. The summed E-state index contributed by atoms with van der Waals surface area (Å²) < 4.78 is 5.34. The summed E-state index contributed by atoms with van der Waals surface area (Å²) in [6, 6.07) is 0.410. The van der Waals surface area contributed by atoms with Crippen LogP contribution in [-0.2, 0) is 9.53 Å². The van der Waals surface area contributed by atoms with E-state index in [4.69, 9.17) is 4.74 Å². The van der Waals surface area contributed by atoms with Gasteiger partial charge < -0.3 is 15.4 Å². The average molecular weight is 311 g/mol. The van der Waals surface area contributed by atoms with E-state index in [2.05, 4.69) is 29.4 Å². The van der Waals surface area contributed by atoms with Gasteiger partial charge in [0.15, 0.2) is 0 Å². The summed E-state index contributed by atoms with van der Waals surface area (Å²) in [4.78, 5) is 15.2. The first-order valence-electron chi connectivity index (χ1n) is 8.79. The lowest BCUT2D eigenvalue weighted by Gasteiger charge is -2.38. The van der Waals surface area contributed by atoms with Gasteiger partial charge >= 0.3 is 0 Å². The minimum atomic E-state index is -0.338. The molecule has 2 heterocycles. The molecule has 0 spiro atoms. The summed E-state index contributed by atoms with van der Waals surface area (Å²) in [6.45, 7) is 9.93. The number of hydrogen-bond acceptors (Lipinski definition) is 4. The quantitative estimate of drug-likeness (QED) is 0.775. The number of nitrogens with one attached hydrogen (secondary N) is 2. The van der Waals surface area contributed by atoms with E-state index in [1.165, 1.54) is 12.8 Å². The van der Waals surface area contributed by atoms with Crippen LogP contribution in [0.3, 0.4) is 0 Å². The monoisotopic (exact) mass is 311 g/mol. The highest BCUT2D eigenvalue weighted by molar-refractivity contribution is 5.83. The second-order valence-corrected chi connectivity index (χ2v) is 7.26. The number of likely N-dealkylation sites (tertiary alicyclic amines) is 1. The predicted molar refractivity (Wildman–Crippen MR) is 88.9 cm³/mol. The molecule has 2 atom stereocenters. The Balaban J connectivity index is 1.84. The zero-order valence-electron chi connectivity index (χ0n) is 14.5. The molecule has 2 aliphatic heterocycles. The third-order valence-corrected chi connectivity index (χ3v) is 5.33. The minimum Gasteiger partial charge on any atom is -0.384 e. The minimum absolute atomic E-state index is 0.174. The molecular weight excluding hydrogens is 278 g/mol. The first-order chi connectivity index (χ1) is 10.6. The second kappa shape index (κ2) is 8.27. The molecule has 2 unspecified atom stereocenters. The lowest BCUT2D eigenvalue weighted by atomic mass is 9.78. The maximum atomic E-state index is 12.7. The van der Waals surface area contributed by atoms with Crippen LogP contribution in [0.15, 0.2) is 0 Å². The fraction of sp³-hybridized carbons (Fsp3) is 0.941. The first kappa shape index (κ1) is 17.7. The number of amides is 1. The first-order valence-corrected chi connectivity index (χ1v) is 8.79. The number of ether oxygens (including phenoxy) is 1. The third-order valence-electron chi connectivity index (χ3n) is 5.33. The Morgan fingerprint density at radius 1 is 1.45 bits per heavy atom. The van der Waals surface area contributed by atoms with Crippen LogP contribution in [0.4, 0.5) is 0 Å². The molecule has 5 nitrogen and oxygen atoms in total. The molecule has 0 aromatic heterocycles. The van der Waals surface area contributed by atoms with Gasteiger partial charge in [-0.3, -0.25) is 9.69 Å². The van der Waals surface area contributed by atoms with Gasteiger partial charge in [-0.2, -0.15) is 0 Å². The Kier molecular flexibility index (Phi) is 6.66. The average Bonchev–Trinajstić information content (AvgIpc) is 2.53. The van der Waals surface area contributed by atoms with Crippen LogP contribution in [0.1, 0.15) is 39.5 Å². The number of rotatable bonds is 6. The number of nitrogens with zero attached hydrogens (tertiary/aromatic N) is 1. The van der Waals surface area contributed by atoms with Crippen molar-refractivity contribution in [2.75, 3.05) is 46.4 Å². The van der Waals surface area contributed by atoms with E-state index in [1.54, 1.807) is 7.11 Å². The topological polar surface area (TPSA) is 53.6 Å². The van der Waals surface area contributed by atoms with Crippen LogP contribution in [0.5, 0.6) is 0 Å². The molecule has 0 aliphatic carbocycles. The smallest absolute Gasteiger partial charge is 0.228 e. The normalized spacial score (nSPS) is 27.3. The van der Waals surface area contributed by atoms with E-state index < -0.39 is 0 Å². The third kappa shape index (κ3) is 4.43. The molecule has 0 saturated carbocycles. The van der Waals surface area contributed by atoms with Crippen molar-refractivity contribution >= 4 is 5.91 Å². The van der Waals surface area contributed by atoms with Gasteiger partial charge in [0.25, 0.3) is 0 Å². The fourth-order valence-electron chi connectivity index (χ4n) is 3.80. The fourth-order valence-corrected chi connectivity index (χ4v) is 3.80. The molecule has 2 rings (SSSR count). The molecule has 2 N–H and O–H groups in total. The van der Waals surface area contributed by atoms with Gasteiger partial charge in [-0.05, 0) is 58.2 Å². The molecule has 1 amide bonds. The van der Waals surface area contributed by atoms with Gasteiger partial charge in [0, 0.05) is 26.2 Å². The Morgan fingerprint density at radius 3 is 2.82 bits per heavy atom. The molecule has 128 valence electrons. The summed E-state index contributed by atoms with van der Waals surface area (Å²) in [6.07, 6.45) is 4.34. The lowest BCUT2D eigenvalue weighted by Crippen LogP contribution is -2.53. The summed E-state index contributed by atoms with van der Waals surface area (Å²) in [5.74, 6) is 0.948. The summed E-state index contributed by atoms with van der Waals surface area (Å²) in [5, 5.41) is 6.53. The SMILES string of the molecule is COCC1(C(=O)NCC(C)N2CCCC(C)C2)CCNCC1. The Labute approximate surface area is 135 Å². The maximum absolute atomic E-state index is 12.7. The molecular formula is C17H33N3O2. The van der Waals surface area contributed by atoms with Gasteiger partial charge in [0.2, 0.25) is 5.91 Å². The molecule has 2 saturated heterocycles. The molecule has 0 aromatic carbocycles. The van der Waals surface area contributed by atoms with Crippen molar-refractivity contribution in [3.8, 4) is 0 Å². The summed E-state index contributed by atoms with van der Waals surface area (Å²) in [7, 11) is 1.69. The molecule has 5 heteroatoms.